The molecule has 178 valence electrons. The van der Waals surface area contributed by atoms with E-state index in [9.17, 15) is 23.1 Å². The van der Waals surface area contributed by atoms with Gasteiger partial charge in [0.2, 0.25) is 5.91 Å². The Hall–Kier alpha value is -2.92. The Labute approximate surface area is 188 Å². The number of hydrogen-bond acceptors (Lipinski definition) is 7. The molecule has 0 radical (unpaired) electrons. The summed E-state index contributed by atoms with van der Waals surface area (Å²) in [6.45, 7) is 5.35. The first-order valence-electron chi connectivity index (χ1n) is 10.6. The second-order valence-electron chi connectivity index (χ2n) is 8.70. The van der Waals surface area contributed by atoms with Gasteiger partial charge < -0.3 is 14.5 Å². The van der Waals surface area contributed by atoms with Crippen LogP contribution in [0.1, 0.15) is 43.2 Å². The smallest absolute Gasteiger partial charge is 0.391 e. The van der Waals surface area contributed by atoms with Crippen molar-refractivity contribution in [3.05, 3.63) is 53.4 Å². The van der Waals surface area contributed by atoms with Crippen LogP contribution in [0.25, 0.3) is 0 Å². The highest BCUT2D eigenvalue weighted by atomic mass is 19.4. The number of aliphatic imine (C=N–C) groups is 1. The van der Waals surface area contributed by atoms with Gasteiger partial charge >= 0.3 is 11.9 Å². The van der Waals surface area contributed by atoms with Crippen molar-refractivity contribution in [1.29, 1.82) is 0 Å². The average Bonchev–Trinajstić information content (AvgIpc) is 3.46. The number of nitrogens with zero attached hydrogens (tertiary/aromatic N) is 3. The average molecular weight is 466 g/mol. The highest BCUT2D eigenvalue weighted by Gasteiger charge is 2.62. The molecular weight excluding hydrogens is 441 g/mol. The number of halogens is 3. The minimum absolute atomic E-state index is 0.0178. The number of likely N-dealkylation sites (tertiary alicyclic amines) is 1. The molecular formula is C22H25F3N4O4. The molecule has 2 aliphatic rings. The van der Waals surface area contributed by atoms with Gasteiger partial charge in [0.1, 0.15) is 17.5 Å². The third-order valence-electron chi connectivity index (χ3n) is 5.89. The molecule has 1 amide bonds. The fourth-order valence-electron chi connectivity index (χ4n) is 4.32. The van der Waals surface area contributed by atoms with Gasteiger partial charge in [-0.25, -0.2) is 15.3 Å². The predicted molar refractivity (Wildman–Crippen MR) is 111 cm³/mol. The van der Waals surface area contributed by atoms with Crippen LogP contribution in [-0.2, 0) is 15.4 Å². The SMILES string of the molecule is Cc1cc(C(C(=O)N2C[C@H](O)C[C@H]2C2=NC(c3ccccc3)(C(F)(F)F)ON2)C(C)C)on1. The van der Waals surface area contributed by atoms with Crippen molar-refractivity contribution in [2.75, 3.05) is 6.54 Å². The number of aryl methyl sites for hydroxylation is 1. The first-order valence-corrected chi connectivity index (χ1v) is 10.6. The number of nitrogens with one attached hydrogen (secondary N) is 1. The third-order valence-corrected chi connectivity index (χ3v) is 5.89. The summed E-state index contributed by atoms with van der Waals surface area (Å²) in [7, 11) is 0. The lowest BCUT2D eigenvalue weighted by molar-refractivity contribution is -0.285. The minimum Gasteiger partial charge on any atom is -0.391 e. The fraction of sp³-hybridized carbons (Fsp3) is 0.500. The van der Waals surface area contributed by atoms with E-state index in [1.165, 1.54) is 29.2 Å². The molecule has 1 saturated heterocycles. The Morgan fingerprint density at radius 3 is 2.58 bits per heavy atom. The summed E-state index contributed by atoms with van der Waals surface area (Å²) in [4.78, 5) is 23.8. The van der Waals surface area contributed by atoms with E-state index in [1.54, 1.807) is 19.1 Å². The van der Waals surface area contributed by atoms with Gasteiger partial charge in [0.25, 0.3) is 0 Å². The van der Waals surface area contributed by atoms with Gasteiger partial charge in [0, 0.05) is 24.6 Å². The Morgan fingerprint density at radius 2 is 2.00 bits per heavy atom. The highest BCUT2D eigenvalue weighted by molar-refractivity contribution is 5.94. The van der Waals surface area contributed by atoms with Crippen molar-refractivity contribution >= 4 is 11.7 Å². The molecule has 1 fully saturated rings. The molecule has 0 bridgehead atoms. The third kappa shape index (κ3) is 4.10. The summed E-state index contributed by atoms with van der Waals surface area (Å²) < 4.78 is 47.7. The minimum atomic E-state index is -4.87. The molecule has 2 unspecified atom stereocenters. The first kappa shape index (κ1) is 23.2. The van der Waals surface area contributed by atoms with Gasteiger partial charge in [-0.05, 0) is 12.8 Å². The maximum Gasteiger partial charge on any atom is 0.445 e. The van der Waals surface area contributed by atoms with Gasteiger partial charge in [-0.3, -0.25) is 4.79 Å². The number of hydrogen-bond donors (Lipinski definition) is 2. The second kappa shape index (κ2) is 8.45. The van der Waals surface area contributed by atoms with E-state index in [0.29, 0.717) is 11.5 Å². The number of hydroxylamine groups is 1. The molecule has 0 spiro atoms. The first-order chi connectivity index (χ1) is 15.5. The van der Waals surface area contributed by atoms with Crippen LogP contribution >= 0.6 is 0 Å². The predicted octanol–water partition coefficient (Wildman–Crippen LogP) is 3.03. The summed E-state index contributed by atoms with van der Waals surface area (Å²) in [5, 5.41) is 14.1. The number of rotatable bonds is 5. The van der Waals surface area contributed by atoms with E-state index in [2.05, 4.69) is 15.6 Å². The molecule has 1 aromatic carbocycles. The molecule has 4 rings (SSSR count). The number of amidine groups is 1. The standard InChI is InChI=1S/C22H25F3N4O4/c1-12(2)18(17-9-13(3)27-32-17)20(31)29-11-15(30)10-16(29)19-26-21(33-28-19,22(23,24)25)14-7-5-4-6-8-14/h4-9,12,15-16,18,30H,10-11H2,1-3H3,(H,26,28)/t15-,16+,18?,21?/m1/s1. The Bertz CT molecular complexity index is 1040. The maximum absolute atomic E-state index is 14.1. The van der Waals surface area contributed by atoms with Gasteiger partial charge in [-0.15, -0.1) is 0 Å². The number of aliphatic hydroxyl groups excluding tert-OH is 1. The molecule has 0 saturated carbocycles. The number of carbonyl (C=O) groups is 1. The molecule has 0 aliphatic carbocycles. The molecule has 3 heterocycles. The van der Waals surface area contributed by atoms with Crippen LogP contribution in [0.15, 0.2) is 45.9 Å². The molecule has 33 heavy (non-hydrogen) atoms. The van der Waals surface area contributed by atoms with E-state index in [0.717, 1.165) is 0 Å². The summed E-state index contributed by atoms with van der Waals surface area (Å²) in [6, 6.07) is 7.78. The van der Waals surface area contributed by atoms with Crippen molar-refractivity contribution < 1.29 is 32.4 Å². The summed E-state index contributed by atoms with van der Waals surface area (Å²) >= 11 is 0. The number of benzene rings is 1. The van der Waals surface area contributed by atoms with Gasteiger partial charge in [0.15, 0.2) is 0 Å². The maximum atomic E-state index is 14.1. The molecule has 8 nitrogen and oxygen atoms in total. The van der Waals surface area contributed by atoms with Crippen molar-refractivity contribution in [2.24, 2.45) is 10.9 Å². The monoisotopic (exact) mass is 466 g/mol. The number of aromatic nitrogens is 1. The lowest BCUT2D eigenvalue weighted by Gasteiger charge is -2.29. The molecule has 2 aliphatic heterocycles. The summed E-state index contributed by atoms with van der Waals surface area (Å²) in [6.07, 6.45) is -5.78. The summed E-state index contributed by atoms with van der Waals surface area (Å²) in [5.74, 6) is -1.10. The molecule has 2 N–H and O–H groups in total. The molecule has 11 heteroatoms. The van der Waals surface area contributed by atoms with E-state index in [1.807, 2.05) is 13.8 Å². The second-order valence-corrected chi connectivity index (χ2v) is 8.70. The van der Waals surface area contributed by atoms with Crippen molar-refractivity contribution in [1.82, 2.24) is 15.5 Å². The van der Waals surface area contributed by atoms with Crippen LogP contribution in [0.3, 0.4) is 0 Å². The van der Waals surface area contributed by atoms with Crippen LogP contribution in [0.5, 0.6) is 0 Å². The number of carbonyl (C=O) groups excluding carboxylic acids is 1. The number of aliphatic hydroxyl groups is 1. The van der Waals surface area contributed by atoms with E-state index < -0.39 is 35.9 Å². The number of amides is 1. The Kier molecular flexibility index (Phi) is 5.95. The fourth-order valence-corrected chi connectivity index (χ4v) is 4.32. The Morgan fingerprint density at radius 1 is 1.30 bits per heavy atom. The number of β-amino-alcohol motifs (C(OH)–C–C–N with tert-alkyl or cyclic N) is 1. The molecule has 2 aromatic rings. The largest absolute Gasteiger partial charge is 0.445 e. The quantitative estimate of drug-likeness (QED) is 0.703. The van der Waals surface area contributed by atoms with E-state index in [-0.39, 0.29) is 30.3 Å². The van der Waals surface area contributed by atoms with Gasteiger partial charge in [-0.2, -0.15) is 13.2 Å². The van der Waals surface area contributed by atoms with Gasteiger partial charge in [0.05, 0.1) is 17.8 Å². The van der Waals surface area contributed by atoms with Crippen LogP contribution in [-0.4, -0.2) is 51.8 Å². The van der Waals surface area contributed by atoms with E-state index in [4.69, 9.17) is 9.36 Å². The lowest BCUT2D eigenvalue weighted by atomic mass is 9.91. The zero-order chi connectivity index (χ0) is 24.0. The number of alkyl halides is 3. The molecule has 4 atom stereocenters. The van der Waals surface area contributed by atoms with Crippen molar-refractivity contribution in [2.45, 2.75) is 57.2 Å². The Balaban J connectivity index is 1.70. The van der Waals surface area contributed by atoms with Crippen LogP contribution < -0.4 is 5.48 Å². The zero-order valence-corrected chi connectivity index (χ0v) is 18.3. The molecule has 1 aromatic heterocycles. The van der Waals surface area contributed by atoms with Gasteiger partial charge in [-0.1, -0.05) is 49.3 Å². The van der Waals surface area contributed by atoms with Crippen LogP contribution in [0.2, 0.25) is 0 Å². The zero-order valence-electron chi connectivity index (χ0n) is 18.3. The lowest BCUT2D eigenvalue weighted by Crippen LogP contribution is -2.47. The topological polar surface area (TPSA) is 100 Å². The highest BCUT2D eigenvalue weighted by Crippen LogP contribution is 2.45. The normalized spacial score (nSPS) is 26.4. The van der Waals surface area contributed by atoms with Crippen molar-refractivity contribution in [3.63, 3.8) is 0 Å². The van der Waals surface area contributed by atoms with Crippen molar-refractivity contribution in [3.8, 4) is 0 Å². The van der Waals surface area contributed by atoms with Crippen LogP contribution in [0, 0.1) is 12.8 Å². The van der Waals surface area contributed by atoms with Crippen LogP contribution in [0.4, 0.5) is 13.2 Å². The van der Waals surface area contributed by atoms with E-state index >= 15 is 0 Å². The summed E-state index contributed by atoms with van der Waals surface area (Å²) in [5.41, 5.74) is -0.246.